The second-order valence-electron chi connectivity index (χ2n) is 6.25. The molecule has 0 aliphatic rings. The van der Waals surface area contributed by atoms with E-state index in [1.807, 2.05) is 11.9 Å². The fourth-order valence-corrected chi connectivity index (χ4v) is 2.00. The first-order valence-corrected chi connectivity index (χ1v) is 6.99. The molecule has 0 atom stereocenters. The number of rotatable bonds is 5. The first-order valence-electron chi connectivity index (χ1n) is 6.99. The zero-order chi connectivity index (χ0) is 15.3. The summed E-state index contributed by atoms with van der Waals surface area (Å²) in [7, 11) is 3.59. The highest BCUT2D eigenvalue weighted by molar-refractivity contribution is 5.81. The normalized spacial score (nSPS) is 11.3. The summed E-state index contributed by atoms with van der Waals surface area (Å²) in [6.45, 7) is 9.78. The maximum Gasteiger partial charge on any atom is 0.239 e. The number of amides is 1. The first-order chi connectivity index (χ1) is 9.23. The van der Waals surface area contributed by atoms with E-state index in [0.717, 1.165) is 12.2 Å². The molecule has 1 rings (SSSR count). The number of nitrogens with one attached hydrogen (secondary N) is 2. The van der Waals surface area contributed by atoms with Crippen molar-refractivity contribution in [2.75, 3.05) is 25.5 Å². The smallest absolute Gasteiger partial charge is 0.239 e. The summed E-state index contributed by atoms with van der Waals surface area (Å²) < 4.78 is 0. The molecule has 0 saturated heterocycles. The van der Waals surface area contributed by atoms with Gasteiger partial charge < -0.3 is 15.5 Å². The van der Waals surface area contributed by atoms with Crippen molar-refractivity contribution in [3.8, 4) is 0 Å². The standard InChI is InChI=1S/C16H27N3O/c1-12-9-13(10-18-16(2,3)4)7-8-14(12)19(6)11-15(20)17-5/h7-9,18H,10-11H2,1-6H3,(H,17,20). The lowest BCUT2D eigenvalue weighted by atomic mass is 10.1. The molecule has 4 heteroatoms. The molecular weight excluding hydrogens is 250 g/mol. The van der Waals surface area contributed by atoms with Crippen LogP contribution in [0.5, 0.6) is 0 Å². The topological polar surface area (TPSA) is 44.4 Å². The number of anilines is 1. The van der Waals surface area contributed by atoms with Gasteiger partial charge in [-0.2, -0.15) is 0 Å². The monoisotopic (exact) mass is 277 g/mol. The number of benzene rings is 1. The van der Waals surface area contributed by atoms with Gasteiger partial charge in [-0.25, -0.2) is 0 Å². The van der Waals surface area contributed by atoms with Crippen LogP contribution in [-0.4, -0.2) is 32.1 Å². The van der Waals surface area contributed by atoms with Crippen LogP contribution in [0.15, 0.2) is 18.2 Å². The number of hydrogen-bond donors (Lipinski definition) is 2. The molecule has 0 radical (unpaired) electrons. The van der Waals surface area contributed by atoms with Crippen LogP contribution >= 0.6 is 0 Å². The van der Waals surface area contributed by atoms with Crippen molar-refractivity contribution in [2.45, 2.75) is 39.8 Å². The molecule has 1 amide bonds. The number of carbonyl (C=O) groups is 1. The van der Waals surface area contributed by atoms with Crippen molar-refractivity contribution in [3.05, 3.63) is 29.3 Å². The van der Waals surface area contributed by atoms with Gasteiger partial charge in [0.1, 0.15) is 0 Å². The SMILES string of the molecule is CNC(=O)CN(C)c1ccc(CNC(C)(C)C)cc1C. The van der Waals surface area contributed by atoms with Gasteiger partial charge in [0.25, 0.3) is 0 Å². The lowest BCUT2D eigenvalue weighted by molar-refractivity contribution is -0.119. The third-order valence-corrected chi connectivity index (χ3v) is 3.15. The molecule has 0 fully saturated rings. The van der Waals surface area contributed by atoms with Gasteiger partial charge in [0, 0.05) is 31.9 Å². The summed E-state index contributed by atoms with van der Waals surface area (Å²) >= 11 is 0. The average molecular weight is 277 g/mol. The number of hydrogen-bond acceptors (Lipinski definition) is 3. The maximum absolute atomic E-state index is 11.4. The van der Waals surface area contributed by atoms with E-state index < -0.39 is 0 Å². The predicted molar refractivity (Wildman–Crippen MR) is 85.1 cm³/mol. The molecule has 112 valence electrons. The second-order valence-corrected chi connectivity index (χ2v) is 6.25. The zero-order valence-corrected chi connectivity index (χ0v) is 13.5. The minimum atomic E-state index is 0.0189. The van der Waals surface area contributed by atoms with Crippen molar-refractivity contribution in [1.82, 2.24) is 10.6 Å². The summed E-state index contributed by atoms with van der Waals surface area (Å²) in [4.78, 5) is 13.4. The third-order valence-electron chi connectivity index (χ3n) is 3.15. The van der Waals surface area contributed by atoms with Gasteiger partial charge in [0.05, 0.1) is 6.54 Å². The third kappa shape index (κ3) is 5.21. The number of aryl methyl sites for hydroxylation is 1. The number of nitrogens with zero attached hydrogens (tertiary/aromatic N) is 1. The molecule has 0 aliphatic carbocycles. The molecular formula is C16H27N3O. The van der Waals surface area contributed by atoms with E-state index in [1.54, 1.807) is 7.05 Å². The van der Waals surface area contributed by atoms with Gasteiger partial charge in [0.2, 0.25) is 5.91 Å². The summed E-state index contributed by atoms with van der Waals surface area (Å²) in [5.74, 6) is 0.0189. The van der Waals surface area contributed by atoms with Crippen LogP contribution in [0, 0.1) is 6.92 Å². The first kappa shape index (κ1) is 16.5. The van der Waals surface area contributed by atoms with Crippen LogP contribution in [-0.2, 0) is 11.3 Å². The molecule has 4 nitrogen and oxygen atoms in total. The molecule has 1 aromatic carbocycles. The van der Waals surface area contributed by atoms with Crippen LogP contribution in [0.1, 0.15) is 31.9 Å². The second kappa shape index (κ2) is 6.75. The Labute approximate surface area is 122 Å². The van der Waals surface area contributed by atoms with Crippen LogP contribution in [0.2, 0.25) is 0 Å². The van der Waals surface area contributed by atoms with Gasteiger partial charge >= 0.3 is 0 Å². The fourth-order valence-electron chi connectivity index (χ4n) is 2.00. The van der Waals surface area contributed by atoms with Crippen molar-refractivity contribution in [2.24, 2.45) is 0 Å². The summed E-state index contributed by atoms with van der Waals surface area (Å²) in [5.41, 5.74) is 3.65. The Morgan fingerprint density at radius 1 is 1.30 bits per heavy atom. The van der Waals surface area contributed by atoms with Crippen molar-refractivity contribution >= 4 is 11.6 Å². The Morgan fingerprint density at radius 2 is 1.95 bits per heavy atom. The summed E-state index contributed by atoms with van der Waals surface area (Å²) in [6.07, 6.45) is 0. The lowest BCUT2D eigenvalue weighted by Crippen LogP contribution is -2.35. The summed E-state index contributed by atoms with van der Waals surface area (Å²) in [5, 5.41) is 6.12. The zero-order valence-electron chi connectivity index (χ0n) is 13.5. The van der Waals surface area contributed by atoms with Crippen molar-refractivity contribution < 1.29 is 4.79 Å². The lowest BCUT2D eigenvalue weighted by Gasteiger charge is -2.23. The molecule has 0 aromatic heterocycles. The Hall–Kier alpha value is -1.55. The molecule has 0 aliphatic heterocycles. The van der Waals surface area contributed by atoms with Crippen molar-refractivity contribution in [3.63, 3.8) is 0 Å². The predicted octanol–water partition coefficient (Wildman–Crippen LogP) is 2.07. The minimum absolute atomic E-state index is 0.0189. The van der Waals surface area contributed by atoms with E-state index in [-0.39, 0.29) is 11.4 Å². The van der Waals surface area contributed by atoms with Crippen molar-refractivity contribution in [1.29, 1.82) is 0 Å². The largest absolute Gasteiger partial charge is 0.365 e. The van der Waals surface area contributed by atoms with Gasteiger partial charge in [0.15, 0.2) is 0 Å². The van der Waals surface area contributed by atoms with Crippen LogP contribution < -0.4 is 15.5 Å². The Balaban J connectivity index is 2.75. The molecule has 1 aromatic rings. The van der Waals surface area contributed by atoms with Gasteiger partial charge in [-0.05, 0) is 44.9 Å². The molecule has 0 unspecified atom stereocenters. The molecule has 0 heterocycles. The highest BCUT2D eigenvalue weighted by Crippen LogP contribution is 2.20. The highest BCUT2D eigenvalue weighted by atomic mass is 16.1. The molecule has 0 spiro atoms. The molecule has 20 heavy (non-hydrogen) atoms. The quantitative estimate of drug-likeness (QED) is 0.866. The Kier molecular flexibility index (Phi) is 5.57. The van der Waals surface area contributed by atoms with E-state index >= 15 is 0 Å². The van der Waals surface area contributed by atoms with E-state index in [1.165, 1.54) is 11.1 Å². The summed E-state index contributed by atoms with van der Waals surface area (Å²) in [6, 6.07) is 6.37. The van der Waals surface area contributed by atoms with Crippen LogP contribution in [0.4, 0.5) is 5.69 Å². The van der Waals surface area contributed by atoms with Gasteiger partial charge in [-0.1, -0.05) is 12.1 Å². The number of likely N-dealkylation sites (N-methyl/N-ethyl adjacent to an activating group) is 2. The minimum Gasteiger partial charge on any atom is -0.365 e. The molecule has 2 N–H and O–H groups in total. The van der Waals surface area contributed by atoms with Crippen LogP contribution in [0.3, 0.4) is 0 Å². The highest BCUT2D eigenvalue weighted by Gasteiger charge is 2.11. The Morgan fingerprint density at radius 3 is 2.45 bits per heavy atom. The fraction of sp³-hybridized carbons (Fsp3) is 0.562. The maximum atomic E-state index is 11.4. The van der Waals surface area contributed by atoms with E-state index in [9.17, 15) is 4.79 Å². The average Bonchev–Trinajstić information content (AvgIpc) is 2.35. The Bertz CT molecular complexity index is 463. The number of carbonyl (C=O) groups excluding carboxylic acids is 1. The van der Waals surface area contributed by atoms with Gasteiger partial charge in [-0.15, -0.1) is 0 Å². The van der Waals surface area contributed by atoms with Crippen LogP contribution in [0.25, 0.3) is 0 Å². The molecule has 0 saturated carbocycles. The van der Waals surface area contributed by atoms with Gasteiger partial charge in [-0.3, -0.25) is 4.79 Å². The van der Waals surface area contributed by atoms with E-state index in [2.05, 4.69) is 56.5 Å². The molecule has 0 bridgehead atoms. The van der Waals surface area contributed by atoms with E-state index in [0.29, 0.717) is 6.54 Å². The van der Waals surface area contributed by atoms with E-state index in [4.69, 9.17) is 0 Å².